The molecule has 1 unspecified atom stereocenters. The summed E-state index contributed by atoms with van der Waals surface area (Å²) in [6.07, 6.45) is 1.80. The third-order valence-electron chi connectivity index (χ3n) is 2.01. The van der Waals surface area contributed by atoms with Crippen LogP contribution in [0.1, 0.15) is 36.2 Å². The Balaban J connectivity index is 0.000000631. The smallest absolute Gasteiger partial charge is 0.338 e. The minimum Gasteiger partial charge on any atom is -0.760 e. The van der Waals surface area contributed by atoms with Crippen LogP contribution in [0.3, 0.4) is 0 Å². The summed E-state index contributed by atoms with van der Waals surface area (Å²) in [5, 5.41) is 4.03. The van der Waals surface area contributed by atoms with Crippen molar-refractivity contribution in [3.8, 4) is 0 Å². The van der Waals surface area contributed by atoms with Crippen molar-refractivity contribution in [2.24, 2.45) is 5.14 Å². The topological polar surface area (TPSA) is 92.5 Å². The highest BCUT2D eigenvalue weighted by Gasteiger charge is 2.05. The van der Waals surface area contributed by atoms with Crippen LogP contribution in [-0.4, -0.2) is 21.3 Å². The molecular weight excluding hydrogens is 254 g/mol. The lowest BCUT2D eigenvalue weighted by Gasteiger charge is -2.04. The van der Waals surface area contributed by atoms with Crippen LogP contribution < -0.4 is 5.14 Å². The lowest BCUT2D eigenvalue weighted by Crippen LogP contribution is -2.06. The van der Waals surface area contributed by atoms with Crippen LogP contribution in [-0.2, 0) is 22.4 Å². The highest BCUT2D eigenvalue weighted by Crippen LogP contribution is 2.07. The van der Waals surface area contributed by atoms with E-state index in [2.05, 4.69) is 12.1 Å². The molecule has 0 aromatic heterocycles. The zero-order valence-electron chi connectivity index (χ0n) is 10.5. The Morgan fingerprint density at radius 2 is 2.06 bits per heavy atom. The van der Waals surface area contributed by atoms with Crippen molar-refractivity contribution < 1.29 is 18.3 Å². The summed E-state index contributed by atoms with van der Waals surface area (Å²) in [4.78, 5) is 11.4. The van der Waals surface area contributed by atoms with Crippen LogP contribution in [0.15, 0.2) is 24.3 Å². The van der Waals surface area contributed by atoms with Gasteiger partial charge >= 0.3 is 5.97 Å². The van der Waals surface area contributed by atoms with Gasteiger partial charge in [-0.1, -0.05) is 26.0 Å². The summed E-state index contributed by atoms with van der Waals surface area (Å²) in [5.41, 5.74) is 1.81. The lowest BCUT2D eigenvalue weighted by molar-refractivity contribution is 0.0505. The predicted octanol–water partition coefficient (Wildman–Crippen LogP) is 1.55. The number of aryl methyl sites for hydroxylation is 1. The van der Waals surface area contributed by atoms with Crippen molar-refractivity contribution >= 4 is 17.2 Å². The molecular formula is C12H18NO4S-. The minimum atomic E-state index is -2.36. The Morgan fingerprint density at radius 1 is 1.44 bits per heavy atom. The van der Waals surface area contributed by atoms with E-state index in [1.807, 2.05) is 25.1 Å². The Kier molecular flexibility index (Phi) is 9.08. The summed E-state index contributed by atoms with van der Waals surface area (Å²) in [5.74, 6) is -0.220. The van der Waals surface area contributed by atoms with E-state index in [4.69, 9.17) is 13.5 Å². The van der Waals surface area contributed by atoms with Gasteiger partial charge in [0.2, 0.25) is 0 Å². The van der Waals surface area contributed by atoms with E-state index in [1.165, 1.54) is 0 Å². The first-order valence-electron chi connectivity index (χ1n) is 5.61. The number of rotatable bonds is 4. The first kappa shape index (κ1) is 16.8. The largest absolute Gasteiger partial charge is 0.760 e. The van der Waals surface area contributed by atoms with Gasteiger partial charge in [-0.05, 0) is 30.5 Å². The number of nitrogens with two attached hydrogens (primary N) is 1. The second-order valence-corrected chi connectivity index (χ2v) is 3.97. The predicted molar refractivity (Wildman–Crippen MR) is 69.5 cm³/mol. The molecule has 0 aliphatic heterocycles. The molecule has 0 aliphatic rings. The van der Waals surface area contributed by atoms with E-state index in [-0.39, 0.29) is 5.97 Å². The molecule has 18 heavy (non-hydrogen) atoms. The molecule has 1 aromatic rings. The molecule has 1 aromatic carbocycles. The van der Waals surface area contributed by atoms with E-state index >= 15 is 0 Å². The summed E-state index contributed by atoms with van der Waals surface area (Å²) in [6, 6.07) is 7.58. The van der Waals surface area contributed by atoms with Crippen LogP contribution in [0, 0.1) is 0 Å². The third kappa shape index (κ3) is 7.94. The van der Waals surface area contributed by atoms with Gasteiger partial charge in [0.1, 0.15) is 0 Å². The van der Waals surface area contributed by atoms with E-state index < -0.39 is 11.3 Å². The average Bonchev–Trinajstić information content (AvgIpc) is 2.35. The van der Waals surface area contributed by atoms with Crippen molar-refractivity contribution in [3.63, 3.8) is 0 Å². The monoisotopic (exact) mass is 272 g/mol. The van der Waals surface area contributed by atoms with Gasteiger partial charge in [0.05, 0.1) is 12.2 Å². The zero-order chi connectivity index (χ0) is 14.0. The molecule has 2 N–H and O–H groups in total. The third-order valence-corrected chi connectivity index (χ3v) is 2.01. The fourth-order valence-electron chi connectivity index (χ4n) is 1.20. The molecule has 0 saturated heterocycles. The molecule has 6 heteroatoms. The Bertz CT molecular complexity index is 391. The van der Waals surface area contributed by atoms with Crippen molar-refractivity contribution in [3.05, 3.63) is 35.4 Å². The van der Waals surface area contributed by atoms with Crippen LogP contribution >= 0.6 is 0 Å². The summed E-state index contributed by atoms with van der Waals surface area (Å²) >= 11 is -2.36. The lowest BCUT2D eigenvalue weighted by atomic mass is 10.1. The Labute approximate surface area is 110 Å². The molecule has 0 saturated carbocycles. The van der Waals surface area contributed by atoms with Crippen LogP contribution in [0.4, 0.5) is 0 Å². The first-order chi connectivity index (χ1) is 8.51. The average molecular weight is 272 g/mol. The molecule has 1 rings (SSSR count). The van der Waals surface area contributed by atoms with Gasteiger partial charge in [-0.2, -0.15) is 0 Å². The van der Waals surface area contributed by atoms with E-state index in [0.717, 1.165) is 18.4 Å². The second-order valence-electron chi connectivity index (χ2n) is 3.45. The van der Waals surface area contributed by atoms with Gasteiger partial charge in [0, 0.05) is 11.3 Å². The zero-order valence-corrected chi connectivity index (χ0v) is 11.4. The minimum absolute atomic E-state index is 0.220. The highest BCUT2D eigenvalue weighted by molar-refractivity contribution is 7.76. The maximum Gasteiger partial charge on any atom is 0.338 e. The Hall–Kier alpha value is -1.24. The number of esters is 1. The van der Waals surface area contributed by atoms with Gasteiger partial charge in [0.25, 0.3) is 0 Å². The first-order valence-corrected chi connectivity index (χ1v) is 6.74. The molecule has 5 nitrogen and oxygen atoms in total. The summed E-state index contributed by atoms with van der Waals surface area (Å²) in [7, 11) is 0. The molecule has 0 radical (unpaired) electrons. The van der Waals surface area contributed by atoms with Gasteiger partial charge in [-0.15, -0.1) is 0 Å². The second kappa shape index (κ2) is 9.76. The molecule has 102 valence electrons. The number of carbonyl (C=O) groups is 1. The van der Waals surface area contributed by atoms with Crippen molar-refractivity contribution in [1.82, 2.24) is 0 Å². The molecule has 0 aliphatic carbocycles. The summed E-state index contributed by atoms with van der Waals surface area (Å²) in [6.45, 7) is 4.54. The molecule has 0 heterocycles. The summed E-state index contributed by atoms with van der Waals surface area (Å²) < 4.78 is 22.6. The van der Waals surface area contributed by atoms with Crippen molar-refractivity contribution in [2.75, 3.05) is 6.61 Å². The van der Waals surface area contributed by atoms with Crippen molar-refractivity contribution in [2.45, 2.75) is 26.7 Å². The molecule has 0 bridgehead atoms. The van der Waals surface area contributed by atoms with Gasteiger partial charge in [0.15, 0.2) is 0 Å². The quantitative estimate of drug-likeness (QED) is 0.665. The fourth-order valence-corrected chi connectivity index (χ4v) is 1.20. The molecule has 1 atom stereocenters. The number of benzene rings is 1. The van der Waals surface area contributed by atoms with Crippen LogP contribution in [0.2, 0.25) is 0 Å². The maximum atomic E-state index is 11.4. The van der Waals surface area contributed by atoms with E-state index in [1.54, 1.807) is 6.07 Å². The van der Waals surface area contributed by atoms with Gasteiger partial charge in [-0.3, -0.25) is 9.35 Å². The molecule has 0 amide bonds. The van der Waals surface area contributed by atoms with Crippen molar-refractivity contribution in [1.29, 1.82) is 0 Å². The number of carbonyl (C=O) groups excluding carboxylic acids is 1. The normalized spacial score (nSPS) is 11.1. The number of ether oxygens (including phenoxy) is 1. The Morgan fingerprint density at radius 3 is 2.56 bits per heavy atom. The fraction of sp³-hybridized carbons (Fsp3) is 0.417. The maximum absolute atomic E-state index is 11.4. The van der Waals surface area contributed by atoms with E-state index in [9.17, 15) is 4.79 Å². The highest BCUT2D eigenvalue weighted by atomic mass is 32.2. The number of hydrogen-bond acceptors (Lipinski definition) is 4. The number of hydrogen-bond donors (Lipinski definition) is 1. The SMILES string of the molecule is CCCOC(=O)c1cccc(CC)c1.NS(=O)[O-]. The molecule has 0 fully saturated rings. The van der Waals surface area contributed by atoms with E-state index in [0.29, 0.717) is 12.2 Å². The van der Waals surface area contributed by atoms with Gasteiger partial charge in [-0.25, -0.2) is 4.79 Å². The van der Waals surface area contributed by atoms with Gasteiger partial charge < -0.3 is 9.29 Å². The molecule has 0 spiro atoms. The van der Waals surface area contributed by atoms with Crippen LogP contribution in [0.25, 0.3) is 0 Å². The van der Waals surface area contributed by atoms with Crippen LogP contribution in [0.5, 0.6) is 0 Å². The standard InChI is InChI=1S/C12H16O2.H3NO2S/c1-3-8-14-12(13)11-7-5-6-10(4-2)9-11;1-4(2)3/h5-7,9H,3-4,8H2,1-2H3;1H2,(H,2,3)/p-1.